The predicted molar refractivity (Wildman–Crippen MR) is 88.0 cm³/mol. The molecule has 6 nitrogen and oxygen atoms in total. The molecule has 0 saturated carbocycles. The number of aliphatic hydroxyl groups excluding tert-OH is 1. The molecule has 0 unspecified atom stereocenters. The Labute approximate surface area is 133 Å². The van der Waals surface area contributed by atoms with Crippen LogP contribution in [-0.4, -0.2) is 53.9 Å². The van der Waals surface area contributed by atoms with Gasteiger partial charge in [-0.15, -0.1) is 0 Å². The molecule has 1 heterocycles. The zero-order valence-electron chi connectivity index (χ0n) is 14.2. The molecule has 128 valence electrons. The van der Waals surface area contributed by atoms with E-state index in [2.05, 4.69) is 10.3 Å². The maximum Gasteiger partial charge on any atom is 0.417 e. The number of amides is 1. The molecule has 0 bridgehead atoms. The molecular formula is C16H31N3O3. The fourth-order valence-corrected chi connectivity index (χ4v) is 2.24. The molecule has 0 aromatic heterocycles. The highest BCUT2D eigenvalue weighted by molar-refractivity contribution is 5.95. The van der Waals surface area contributed by atoms with Crippen LogP contribution >= 0.6 is 0 Å². The summed E-state index contributed by atoms with van der Waals surface area (Å²) >= 11 is 0. The number of nitrogens with zero attached hydrogens (tertiary/aromatic N) is 2. The second-order valence-corrected chi connectivity index (χ2v) is 6.61. The molecule has 0 fully saturated rings. The molecule has 0 spiro atoms. The summed E-state index contributed by atoms with van der Waals surface area (Å²) in [5.74, 6) is 0.634. The van der Waals surface area contributed by atoms with Gasteiger partial charge in [0.15, 0.2) is 0 Å². The molecule has 1 aliphatic rings. The summed E-state index contributed by atoms with van der Waals surface area (Å²) in [5, 5.41) is 11.9. The van der Waals surface area contributed by atoms with Crippen molar-refractivity contribution >= 4 is 12.1 Å². The fraction of sp³-hybridized carbons (Fsp3) is 0.875. The topological polar surface area (TPSA) is 74.2 Å². The number of carbonyl (C=O) groups is 1. The molecule has 22 heavy (non-hydrogen) atoms. The molecular weight excluding hydrogens is 282 g/mol. The fourth-order valence-electron chi connectivity index (χ4n) is 2.24. The first kappa shape index (κ1) is 18.7. The zero-order chi connectivity index (χ0) is 16.4. The quantitative estimate of drug-likeness (QED) is 0.675. The first-order valence-corrected chi connectivity index (χ1v) is 8.34. The van der Waals surface area contributed by atoms with Gasteiger partial charge in [0.2, 0.25) is 5.96 Å². The predicted octanol–water partition coefficient (Wildman–Crippen LogP) is 2.52. The number of aliphatic imine (C=N–C) groups is 1. The minimum atomic E-state index is -0.487. The van der Waals surface area contributed by atoms with E-state index < -0.39 is 5.60 Å². The number of hydrogen-bond donors (Lipinski definition) is 2. The van der Waals surface area contributed by atoms with Crippen molar-refractivity contribution in [3.05, 3.63) is 0 Å². The smallest absolute Gasteiger partial charge is 0.417 e. The Balaban J connectivity index is 2.18. The zero-order valence-corrected chi connectivity index (χ0v) is 14.2. The maximum atomic E-state index is 12.1. The second kappa shape index (κ2) is 9.66. The van der Waals surface area contributed by atoms with Gasteiger partial charge in [0.1, 0.15) is 5.60 Å². The minimum absolute atomic E-state index is 0.294. The monoisotopic (exact) mass is 313 g/mol. The largest absolute Gasteiger partial charge is 0.443 e. The van der Waals surface area contributed by atoms with Crippen molar-refractivity contribution in [3.63, 3.8) is 0 Å². The molecule has 6 heteroatoms. The number of carbonyl (C=O) groups excluding carboxylic acids is 1. The molecule has 0 aromatic carbocycles. The van der Waals surface area contributed by atoms with Gasteiger partial charge < -0.3 is 15.2 Å². The highest BCUT2D eigenvalue weighted by atomic mass is 16.6. The van der Waals surface area contributed by atoms with E-state index in [0.717, 1.165) is 32.2 Å². The second-order valence-electron chi connectivity index (χ2n) is 6.61. The van der Waals surface area contributed by atoms with Crippen LogP contribution in [0.2, 0.25) is 0 Å². The standard InChI is InChI=1S/C16H31N3O3/c1-16(2,3)22-15(21)19-12-11-18-14(19)17-10-8-6-4-5-7-9-13-20/h20H,4-13H2,1-3H3,(H,17,18). The summed E-state index contributed by atoms with van der Waals surface area (Å²) in [4.78, 5) is 18.0. The van der Waals surface area contributed by atoms with Gasteiger partial charge in [0.05, 0.1) is 13.1 Å². The molecule has 1 aliphatic heterocycles. The van der Waals surface area contributed by atoms with Gasteiger partial charge in [-0.3, -0.25) is 4.99 Å². The Morgan fingerprint density at radius 3 is 2.50 bits per heavy atom. The van der Waals surface area contributed by atoms with Crippen molar-refractivity contribution in [2.24, 2.45) is 4.99 Å². The highest BCUT2D eigenvalue weighted by Gasteiger charge is 2.28. The van der Waals surface area contributed by atoms with Crippen molar-refractivity contribution in [2.45, 2.75) is 64.9 Å². The lowest BCUT2D eigenvalue weighted by Gasteiger charge is -2.25. The molecule has 1 rings (SSSR count). The Kier molecular flexibility index (Phi) is 8.24. The number of ether oxygens (including phenoxy) is 1. The van der Waals surface area contributed by atoms with Crippen molar-refractivity contribution in [3.8, 4) is 0 Å². The molecule has 1 amide bonds. The van der Waals surface area contributed by atoms with Crippen molar-refractivity contribution < 1.29 is 14.6 Å². The number of aliphatic hydroxyl groups is 1. The van der Waals surface area contributed by atoms with Crippen LogP contribution in [0, 0.1) is 0 Å². The molecule has 0 aliphatic carbocycles. The number of unbranched alkanes of at least 4 members (excludes halogenated alkanes) is 5. The van der Waals surface area contributed by atoms with E-state index in [9.17, 15) is 4.79 Å². The Morgan fingerprint density at radius 2 is 1.86 bits per heavy atom. The van der Waals surface area contributed by atoms with Crippen LogP contribution in [0.3, 0.4) is 0 Å². The van der Waals surface area contributed by atoms with Gasteiger partial charge in [-0.1, -0.05) is 25.7 Å². The van der Waals surface area contributed by atoms with Gasteiger partial charge in [-0.2, -0.15) is 0 Å². The number of hydrogen-bond acceptors (Lipinski definition) is 5. The Hall–Kier alpha value is -1.30. The Morgan fingerprint density at radius 1 is 1.23 bits per heavy atom. The van der Waals surface area contributed by atoms with E-state index in [4.69, 9.17) is 9.84 Å². The van der Waals surface area contributed by atoms with Gasteiger partial charge in [0.25, 0.3) is 0 Å². The SMILES string of the molecule is CC(C)(C)OC(=O)N1CCN=C1NCCCCCCCCO. The van der Waals surface area contributed by atoms with Crippen LogP contribution in [0.25, 0.3) is 0 Å². The normalized spacial score (nSPS) is 14.9. The first-order valence-electron chi connectivity index (χ1n) is 8.34. The Bertz CT molecular complexity index is 364. The third-order valence-corrected chi connectivity index (χ3v) is 3.32. The summed E-state index contributed by atoms with van der Waals surface area (Å²) in [7, 11) is 0. The lowest BCUT2D eigenvalue weighted by Crippen LogP contribution is -2.45. The van der Waals surface area contributed by atoms with Crippen LogP contribution < -0.4 is 5.32 Å². The lowest BCUT2D eigenvalue weighted by atomic mass is 10.1. The van der Waals surface area contributed by atoms with Gasteiger partial charge in [-0.05, 0) is 33.6 Å². The average molecular weight is 313 g/mol. The van der Waals surface area contributed by atoms with E-state index in [1.54, 1.807) is 4.90 Å². The summed E-state index contributed by atoms with van der Waals surface area (Å²) < 4.78 is 5.38. The van der Waals surface area contributed by atoms with Crippen LogP contribution in [0.1, 0.15) is 59.3 Å². The van der Waals surface area contributed by atoms with Crippen LogP contribution in [0.5, 0.6) is 0 Å². The molecule has 2 N–H and O–H groups in total. The number of rotatable bonds is 8. The number of guanidine groups is 1. The van der Waals surface area contributed by atoms with E-state index >= 15 is 0 Å². The van der Waals surface area contributed by atoms with Gasteiger partial charge in [0, 0.05) is 13.2 Å². The molecule has 0 radical (unpaired) electrons. The van der Waals surface area contributed by atoms with Gasteiger partial charge in [-0.25, -0.2) is 9.69 Å². The summed E-state index contributed by atoms with van der Waals surface area (Å²) in [6.45, 7) is 7.91. The summed E-state index contributed by atoms with van der Waals surface area (Å²) in [6.07, 6.45) is 6.23. The van der Waals surface area contributed by atoms with Crippen molar-refractivity contribution in [2.75, 3.05) is 26.2 Å². The van der Waals surface area contributed by atoms with E-state index in [1.807, 2.05) is 20.8 Å². The average Bonchev–Trinajstić information content (AvgIpc) is 2.88. The molecule has 0 aromatic rings. The lowest BCUT2D eigenvalue weighted by molar-refractivity contribution is 0.0379. The third kappa shape index (κ3) is 7.64. The minimum Gasteiger partial charge on any atom is -0.443 e. The summed E-state index contributed by atoms with van der Waals surface area (Å²) in [6, 6.07) is 0. The van der Waals surface area contributed by atoms with E-state index in [-0.39, 0.29) is 6.09 Å². The molecule has 0 atom stereocenters. The van der Waals surface area contributed by atoms with Gasteiger partial charge >= 0.3 is 6.09 Å². The van der Waals surface area contributed by atoms with Crippen molar-refractivity contribution in [1.82, 2.24) is 10.2 Å². The third-order valence-electron chi connectivity index (χ3n) is 3.32. The van der Waals surface area contributed by atoms with Crippen molar-refractivity contribution in [1.29, 1.82) is 0 Å². The summed E-state index contributed by atoms with van der Waals surface area (Å²) in [5.41, 5.74) is -0.487. The van der Waals surface area contributed by atoms with E-state index in [0.29, 0.717) is 25.7 Å². The van der Waals surface area contributed by atoms with E-state index in [1.165, 1.54) is 12.8 Å². The molecule has 0 saturated heterocycles. The van der Waals surface area contributed by atoms with Crippen LogP contribution in [-0.2, 0) is 4.74 Å². The maximum absolute atomic E-state index is 12.1. The highest BCUT2D eigenvalue weighted by Crippen LogP contribution is 2.12. The van der Waals surface area contributed by atoms with Crippen LogP contribution in [0.4, 0.5) is 4.79 Å². The first-order chi connectivity index (χ1) is 10.4. The van der Waals surface area contributed by atoms with Crippen LogP contribution in [0.15, 0.2) is 4.99 Å². The number of nitrogens with one attached hydrogen (secondary N) is 1.